The molecule has 2 amide bonds. The zero-order valence-electron chi connectivity index (χ0n) is 12.6. The van der Waals surface area contributed by atoms with Crippen LogP contribution in [0, 0.1) is 0 Å². The molecule has 1 unspecified atom stereocenters. The lowest BCUT2D eigenvalue weighted by Gasteiger charge is -2.37. The number of hydrogen-bond acceptors (Lipinski definition) is 4. The summed E-state index contributed by atoms with van der Waals surface area (Å²) in [6.45, 7) is 4.45. The third kappa shape index (κ3) is 3.39. The summed E-state index contributed by atoms with van der Waals surface area (Å²) in [7, 11) is 0. The van der Waals surface area contributed by atoms with Gasteiger partial charge in [0.1, 0.15) is 0 Å². The number of anilines is 1. The van der Waals surface area contributed by atoms with Crippen LogP contribution in [0.15, 0.2) is 30.3 Å². The predicted octanol–water partition coefficient (Wildman–Crippen LogP) is -0.187. The molecule has 6 heteroatoms. The molecule has 2 N–H and O–H groups in total. The minimum atomic E-state index is -0.381. The first-order valence-electron chi connectivity index (χ1n) is 7.83. The lowest BCUT2D eigenvalue weighted by Crippen LogP contribution is -2.56. The van der Waals surface area contributed by atoms with Crippen LogP contribution < -0.4 is 15.5 Å². The lowest BCUT2D eigenvalue weighted by molar-refractivity contribution is -0.135. The largest absolute Gasteiger partial charge is 0.368 e. The van der Waals surface area contributed by atoms with Crippen molar-refractivity contribution in [1.29, 1.82) is 0 Å². The van der Waals surface area contributed by atoms with Crippen LogP contribution in [0.25, 0.3) is 0 Å². The number of rotatable bonds is 3. The maximum atomic E-state index is 12.3. The molecule has 1 aromatic rings. The standard InChI is InChI=1S/C16H22N4O2/c21-15(12-14-16(22)18-7-6-17-14)20-10-8-19(9-11-20)13-4-2-1-3-5-13/h1-5,14,17H,6-12H2,(H,18,22). The molecule has 2 fully saturated rings. The molecule has 1 atom stereocenters. The fourth-order valence-corrected chi connectivity index (χ4v) is 2.97. The predicted molar refractivity (Wildman–Crippen MR) is 84.7 cm³/mol. The first-order chi connectivity index (χ1) is 10.7. The maximum absolute atomic E-state index is 12.3. The van der Waals surface area contributed by atoms with Gasteiger partial charge in [0.05, 0.1) is 12.5 Å². The SMILES string of the molecule is O=C1NCCNC1CC(=O)N1CCN(c2ccccc2)CC1. The number of nitrogens with zero attached hydrogens (tertiary/aromatic N) is 2. The van der Waals surface area contributed by atoms with Gasteiger partial charge in [-0.15, -0.1) is 0 Å². The van der Waals surface area contributed by atoms with E-state index in [0.29, 0.717) is 19.6 Å². The highest BCUT2D eigenvalue weighted by Gasteiger charge is 2.28. The van der Waals surface area contributed by atoms with Gasteiger partial charge in [0.2, 0.25) is 11.8 Å². The summed E-state index contributed by atoms with van der Waals surface area (Å²) >= 11 is 0. The van der Waals surface area contributed by atoms with Crippen molar-refractivity contribution in [2.24, 2.45) is 0 Å². The van der Waals surface area contributed by atoms with Crippen molar-refractivity contribution in [3.05, 3.63) is 30.3 Å². The van der Waals surface area contributed by atoms with Crippen molar-refractivity contribution in [3.63, 3.8) is 0 Å². The number of nitrogens with one attached hydrogen (secondary N) is 2. The van der Waals surface area contributed by atoms with Gasteiger partial charge in [0.25, 0.3) is 0 Å². The molecule has 0 aromatic heterocycles. The van der Waals surface area contributed by atoms with Crippen LogP contribution >= 0.6 is 0 Å². The Kier molecular flexibility index (Phi) is 4.58. The van der Waals surface area contributed by atoms with Gasteiger partial charge in [0.15, 0.2) is 0 Å². The number of hydrogen-bond donors (Lipinski definition) is 2. The highest BCUT2D eigenvalue weighted by Crippen LogP contribution is 2.16. The molecule has 2 heterocycles. The van der Waals surface area contributed by atoms with Gasteiger partial charge in [-0.25, -0.2) is 0 Å². The second-order valence-electron chi connectivity index (χ2n) is 5.71. The van der Waals surface area contributed by atoms with E-state index in [2.05, 4.69) is 27.7 Å². The fourth-order valence-electron chi connectivity index (χ4n) is 2.97. The second-order valence-corrected chi connectivity index (χ2v) is 5.71. The summed E-state index contributed by atoms with van der Waals surface area (Å²) in [5, 5.41) is 5.89. The van der Waals surface area contributed by atoms with E-state index in [9.17, 15) is 9.59 Å². The number of benzene rings is 1. The van der Waals surface area contributed by atoms with Gasteiger partial charge >= 0.3 is 0 Å². The number of carbonyl (C=O) groups is 2. The Morgan fingerprint density at radius 3 is 2.50 bits per heavy atom. The molecule has 0 aliphatic carbocycles. The molecule has 0 bridgehead atoms. The maximum Gasteiger partial charge on any atom is 0.237 e. The molecule has 22 heavy (non-hydrogen) atoms. The van der Waals surface area contributed by atoms with Gasteiger partial charge in [0, 0.05) is 45.0 Å². The van der Waals surface area contributed by atoms with E-state index in [1.165, 1.54) is 5.69 Å². The molecule has 118 valence electrons. The fraction of sp³-hybridized carbons (Fsp3) is 0.500. The molecular formula is C16H22N4O2. The lowest BCUT2D eigenvalue weighted by atomic mass is 10.1. The first kappa shape index (κ1) is 14.8. The Labute approximate surface area is 130 Å². The van der Waals surface area contributed by atoms with Crippen LogP contribution in [0.5, 0.6) is 0 Å². The van der Waals surface area contributed by atoms with Crippen molar-refractivity contribution in [1.82, 2.24) is 15.5 Å². The number of para-hydroxylation sites is 1. The third-order valence-corrected chi connectivity index (χ3v) is 4.26. The second kappa shape index (κ2) is 6.79. The van der Waals surface area contributed by atoms with E-state index in [-0.39, 0.29) is 24.3 Å². The topological polar surface area (TPSA) is 64.7 Å². The molecule has 0 saturated carbocycles. The number of piperazine rings is 2. The van der Waals surface area contributed by atoms with E-state index in [1.54, 1.807) is 0 Å². The van der Waals surface area contributed by atoms with E-state index in [1.807, 2.05) is 23.1 Å². The van der Waals surface area contributed by atoms with Crippen LogP contribution in [0.4, 0.5) is 5.69 Å². The minimum Gasteiger partial charge on any atom is -0.368 e. The molecule has 0 radical (unpaired) electrons. The van der Waals surface area contributed by atoms with Gasteiger partial charge in [-0.05, 0) is 12.1 Å². The average molecular weight is 302 g/mol. The van der Waals surface area contributed by atoms with Crippen molar-refractivity contribution in [3.8, 4) is 0 Å². The van der Waals surface area contributed by atoms with Crippen molar-refractivity contribution >= 4 is 17.5 Å². The van der Waals surface area contributed by atoms with Crippen LogP contribution in [0.2, 0.25) is 0 Å². The molecule has 1 aromatic carbocycles. The summed E-state index contributed by atoms with van der Waals surface area (Å²) in [5.41, 5.74) is 1.20. The van der Waals surface area contributed by atoms with Crippen molar-refractivity contribution in [2.45, 2.75) is 12.5 Å². The zero-order chi connectivity index (χ0) is 15.4. The summed E-state index contributed by atoms with van der Waals surface area (Å²) in [6, 6.07) is 9.86. The third-order valence-electron chi connectivity index (χ3n) is 4.26. The van der Waals surface area contributed by atoms with E-state index in [0.717, 1.165) is 19.6 Å². The summed E-state index contributed by atoms with van der Waals surface area (Å²) in [6.07, 6.45) is 0.247. The molecule has 6 nitrogen and oxygen atoms in total. The number of carbonyl (C=O) groups excluding carboxylic acids is 2. The average Bonchev–Trinajstić information content (AvgIpc) is 2.58. The highest BCUT2D eigenvalue weighted by atomic mass is 16.2. The van der Waals surface area contributed by atoms with Gasteiger partial charge in [-0.1, -0.05) is 18.2 Å². The Hall–Kier alpha value is -2.08. The molecule has 2 aliphatic heterocycles. The summed E-state index contributed by atoms with van der Waals surface area (Å²) in [5.74, 6) is -0.00946. The monoisotopic (exact) mass is 302 g/mol. The van der Waals surface area contributed by atoms with Crippen LogP contribution in [-0.2, 0) is 9.59 Å². The van der Waals surface area contributed by atoms with Crippen molar-refractivity contribution in [2.75, 3.05) is 44.2 Å². The van der Waals surface area contributed by atoms with E-state index in [4.69, 9.17) is 0 Å². The van der Waals surface area contributed by atoms with E-state index >= 15 is 0 Å². The Morgan fingerprint density at radius 1 is 1.09 bits per heavy atom. The molecular weight excluding hydrogens is 280 g/mol. The molecule has 2 saturated heterocycles. The first-order valence-corrected chi connectivity index (χ1v) is 7.83. The Balaban J connectivity index is 1.50. The van der Waals surface area contributed by atoms with Crippen molar-refractivity contribution < 1.29 is 9.59 Å². The smallest absolute Gasteiger partial charge is 0.237 e. The molecule has 0 spiro atoms. The minimum absolute atomic E-state index is 0.0576. The van der Waals surface area contributed by atoms with Crippen LogP contribution in [0.3, 0.4) is 0 Å². The summed E-state index contributed by atoms with van der Waals surface area (Å²) < 4.78 is 0. The van der Waals surface area contributed by atoms with Crippen LogP contribution in [0.1, 0.15) is 6.42 Å². The number of amides is 2. The van der Waals surface area contributed by atoms with Gasteiger partial charge < -0.3 is 20.4 Å². The van der Waals surface area contributed by atoms with Gasteiger partial charge in [-0.2, -0.15) is 0 Å². The Bertz CT molecular complexity index is 526. The molecule has 3 rings (SSSR count). The van der Waals surface area contributed by atoms with E-state index < -0.39 is 0 Å². The zero-order valence-corrected chi connectivity index (χ0v) is 12.6. The normalized spacial score (nSPS) is 22.4. The Morgan fingerprint density at radius 2 is 1.82 bits per heavy atom. The summed E-state index contributed by atoms with van der Waals surface area (Å²) in [4.78, 5) is 28.2. The molecule has 2 aliphatic rings. The van der Waals surface area contributed by atoms with Crippen LogP contribution in [-0.4, -0.2) is 62.0 Å². The quantitative estimate of drug-likeness (QED) is 0.812. The highest BCUT2D eigenvalue weighted by molar-refractivity contribution is 5.88. The van der Waals surface area contributed by atoms with Gasteiger partial charge in [-0.3, -0.25) is 9.59 Å².